The summed E-state index contributed by atoms with van der Waals surface area (Å²) in [6.45, 7) is 7.25. The third kappa shape index (κ3) is 1.11. The maximum atomic E-state index is 2.42. The Hall–Kier alpha value is 0. The van der Waals surface area contributed by atoms with E-state index in [-0.39, 0.29) is 0 Å². The van der Waals surface area contributed by atoms with Crippen LogP contribution in [0.25, 0.3) is 0 Å². The van der Waals surface area contributed by atoms with Crippen LogP contribution in [0, 0.1) is 23.2 Å². The molecule has 64 valence electrons. The average Bonchev–Trinajstić information content (AvgIpc) is 2.05. The highest BCUT2D eigenvalue weighted by atomic mass is 14.5. The van der Waals surface area contributed by atoms with E-state index in [0.29, 0.717) is 5.41 Å². The van der Waals surface area contributed by atoms with Crippen molar-refractivity contribution in [2.45, 2.75) is 46.5 Å². The molecule has 0 bridgehead atoms. The summed E-state index contributed by atoms with van der Waals surface area (Å²) in [6, 6.07) is 0. The van der Waals surface area contributed by atoms with E-state index < -0.39 is 0 Å². The maximum absolute atomic E-state index is 2.42. The lowest BCUT2D eigenvalue weighted by Gasteiger charge is -2.40. The zero-order valence-electron chi connectivity index (χ0n) is 8.06. The van der Waals surface area contributed by atoms with Gasteiger partial charge >= 0.3 is 0 Å². The van der Waals surface area contributed by atoms with Crippen molar-refractivity contribution in [3.8, 4) is 0 Å². The minimum atomic E-state index is 0.583. The molecule has 3 atom stereocenters. The van der Waals surface area contributed by atoms with Crippen molar-refractivity contribution in [3.63, 3.8) is 0 Å². The summed E-state index contributed by atoms with van der Waals surface area (Å²) in [7, 11) is 0. The molecule has 0 aliphatic heterocycles. The predicted molar refractivity (Wildman–Crippen MR) is 48.4 cm³/mol. The van der Waals surface area contributed by atoms with Gasteiger partial charge in [0.25, 0.3) is 0 Å². The lowest BCUT2D eigenvalue weighted by Crippen LogP contribution is -2.32. The number of hydrogen-bond donors (Lipinski definition) is 0. The second-order valence-electron chi connectivity index (χ2n) is 5.55. The molecule has 0 heteroatoms. The summed E-state index contributed by atoms with van der Waals surface area (Å²) in [5.74, 6) is 3.30. The molecule has 2 aliphatic rings. The summed E-state index contributed by atoms with van der Waals surface area (Å²) < 4.78 is 0. The third-order valence-electron chi connectivity index (χ3n) is 3.95. The van der Waals surface area contributed by atoms with Gasteiger partial charge in [0.2, 0.25) is 0 Å². The molecular formula is C11H20. The Labute approximate surface area is 70.4 Å². The molecule has 0 aromatic carbocycles. The lowest BCUT2D eigenvalue weighted by molar-refractivity contribution is 0.0966. The van der Waals surface area contributed by atoms with Gasteiger partial charge in [-0.3, -0.25) is 0 Å². The number of fused-ring (bicyclic) bond motifs is 1. The molecule has 3 unspecified atom stereocenters. The van der Waals surface area contributed by atoms with E-state index in [4.69, 9.17) is 0 Å². The summed E-state index contributed by atoms with van der Waals surface area (Å²) >= 11 is 0. The Morgan fingerprint density at radius 3 is 1.82 bits per heavy atom. The molecule has 0 N–H and O–H groups in total. The van der Waals surface area contributed by atoms with Gasteiger partial charge in [-0.15, -0.1) is 0 Å². The molecule has 0 aromatic rings. The molecule has 0 spiro atoms. The van der Waals surface area contributed by atoms with Crippen molar-refractivity contribution in [2.24, 2.45) is 23.2 Å². The molecule has 0 aromatic heterocycles. The van der Waals surface area contributed by atoms with E-state index in [1.54, 1.807) is 0 Å². The van der Waals surface area contributed by atoms with E-state index in [1.807, 2.05) is 0 Å². The Kier molecular flexibility index (Phi) is 1.56. The predicted octanol–water partition coefficient (Wildman–Crippen LogP) is 3.47. The van der Waals surface area contributed by atoms with Gasteiger partial charge in [0.05, 0.1) is 0 Å². The first-order valence-corrected chi connectivity index (χ1v) is 5.09. The lowest BCUT2D eigenvalue weighted by atomic mass is 9.65. The first-order valence-electron chi connectivity index (χ1n) is 5.09. The maximum Gasteiger partial charge on any atom is -0.0334 e. The van der Waals surface area contributed by atoms with Gasteiger partial charge in [-0.05, 0) is 48.9 Å². The molecular weight excluding hydrogens is 132 g/mol. The van der Waals surface area contributed by atoms with E-state index in [1.165, 1.54) is 25.7 Å². The molecule has 0 heterocycles. The van der Waals surface area contributed by atoms with Crippen LogP contribution in [0.3, 0.4) is 0 Å². The van der Waals surface area contributed by atoms with E-state index >= 15 is 0 Å². The fourth-order valence-electron chi connectivity index (χ4n) is 3.17. The van der Waals surface area contributed by atoms with Crippen molar-refractivity contribution in [3.05, 3.63) is 0 Å². The Morgan fingerprint density at radius 1 is 0.909 bits per heavy atom. The zero-order chi connectivity index (χ0) is 8.06. The molecule has 0 amide bonds. The molecule has 0 radical (unpaired) electrons. The van der Waals surface area contributed by atoms with Crippen molar-refractivity contribution < 1.29 is 0 Å². The molecule has 0 nitrogen and oxygen atoms in total. The highest BCUT2D eigenvalue weighted by Crippen LogP contribution is 2.55. The van der Waals surface area contributed by atoms with Crippen molar-refractivity contribution >= 4 is 0 Å². The van der Waals surface area contributed by atoms with Crippen LogP contribution < -0.4 is 0 Å². The number of hydrogen-bond acceptors (Lipinski definition) is 0. The highest BCUT2D eigenvalue weighted by molar-refractivity contribution is 4.96. The highest BCUT2D eigenvalue weighted by Gasteiger charge is 2.46. The van der Waals surface area contributed by atoms with Crippen molar-refractivity contribution in [1.29, 1.82) is 0 Å². The fraction of sp³-hybridized carbons (Fsp3) is 1.00. The summed E-state index contributed by atoms with van der Waals surface area (Å²) in [5.41, 5.74) is 0.583. The second-order valence-corrected chi connectivity index (χ2v) is 5.55. The zero-order valence-corrected chi connectivity index (χ0v) is 8.06. The first kappa shape index (κ1) is 7.64. The van der Waals surface area contributed by atoms with E-state index in [0.717, 1.165) is 17.8 Å². The van der Waals surface area contributed by atoms with Crippen LogP contribution in [-0.2, 0) is 0 Å². The van der Waals surface area contributed by atoms with Crippen LogP contribution in [0.4, 0.5) is 0 Å². The third-order valence-corrected chi connectivity index (χ3v) is 3.95. The topological polar surface area (TPSA) is 0 Å². The molecule has 11 heavy (non-hydrogen) atoms. The quantitative estimate of drug-likeness (QED) is 0.498. The Bertz CT molecular complexity index is 152. The van der Waals surface area contributed by atoms with Gasteiger partial charge < -0.3 is 0 Å². The first-order chi connectivity index (χ1) is 5.09. The van der Waals surface area contributed by atoms with Crippen molar-refractivity contribution in [2.75, 3.05) is 0 Å². The van der Waals surface area contributed by atoms with Crippen LogP contribution in [0.5, 0.6) is 0 Å². The molecule has 2 fully saturated rings. The second kappa shape index (κ2) is 2.24. The van der Waals surface area contributed by atoms with Gasteiger partial charge in [0.1, 0.15) is 0 Å². The smallest absolute Gasteiger partial charge is 0.0334 e. The largest absolute Gasteiger partial charge is 0.0599 e. The Balaban J connectivity index is 2.05. The molecule has 2 rings (SSSR count). The molecule has 2 aliphatic carbocycles. The van der Waals surface area contributed by atoms with Crippen LogP contribution in [-0.4, -0.2) is 0 Å². The van der Waals surface area contributed by atoms with Gasteiger partial charge in [-0.1, -0.05) is 20.8 Å². The van der Waals surface area contributed by atoms with Crippen LogP contribution in [0.15, 0.2) is 0 Å². The number of rotatable bonds is 0. The average molecular weight is 152 g/mol. The minimum absolute atomic E-state index is 0.583. The van der Waals surface area contributed by atoms with Gasteiger partial charge in [0, 0.05) is 0 Å². The summed E-state index contributed by atoms with van der Waals surface area (Å²) in [6.07, 6.45) is 6.12. The van der Waals surface area contributed by atoms with Crippen LogP contribution in [0.2, 0.25) is 0 Å². The molecule has 2 saturated carbocycles. The Morgan fingerprint density at radius 2 is 1.55 bits per heavy atom. The SMILES string of the molecule is CC(C)(C)C1CCC2CCC21. The van der Waals surface area contributed by atoms with Crippen LogP contribution >= 0.6 is 0 Å². The van der Waals surface area contributed by atoms with Crippen molar-refractivity contribution in [1.82, 2.24) is 0 Å². The van der Waals surface area contributed by atoms with Gasteiger partial charge in [0.15, 0.2) is 0 Å². The summed E-state index contributed by atoms with van der Waals surface area (Å²) in [5, 5.41) is 0. The summed E-state index contributed by atoms with van der Waals surface area (Å²) in [4.78, 5) is 0. The van der Waals surface area contributed by atoms with Gasteiger partial charge in [-0.25, -0.2) is 0 Å². The van der Waals surface area contributed by atoms with E-state index in [2.05, 4.69) is 20.8 Å². The monoisotopic (exact) mass is 152 g/mol. The fourth-order valence-corrected chi connectivity index (χ4v) is 3.17. The standard InChI is InChI=1S/C11H20/c1-11(2,3)10-7-5-8-4-6-9(8)10/h8-10H,4-7H2,1-3H3. The molecule has 0 saturated heterocycles. The normalized spacial score (nSPS) is 43.4. The van der Waals surface area contributed by atoms with Gasteiger partial charge in [-0.2, -0.15) is 0 Å². The van der Waals surface area contributed by atoms with E-state index in [9.17, 15) is 0 Å². The van der Waals surface area contributed by atoms with Crippen LogP contribution in [0.1, 0.15) is 46.5 Å². The minimum Gasteiger partial charge on any atom is -0.0599 e.